The Morgan fingerprint density at radius 2 is 2.10 bits per heavy atom. The first kappa shape index (κ1) is 14.3. The van der Waals surface area contributed by atoms with Crippen molar-refractivity contribution >= 4 is 34.3 Å². The van der Waals surface area contributed by atoms with Gasteiger partial charge >= 0.3 is 0 Å². The molecule has 2 aromatic heterocycles. The van der Waals surface area contributed by atoms with E-state index in [-0.39, 0.29) is 0 Å². The van der Waals surface area contributed by atoms with Gasteiger partial charge in [-0.2, -0.15) is 0 Å². The zero-order chi connectivity index (χ0) is 14.2. The van der Waals surface area contributed by atoms with Crippen molar-refractivity contribution in [3.8, 4) is 0 Å². The summed E-state index contributed by atoms with van der Waals surface area (Å²) in [6.07, 6.45) is 7.96. The van der Waals surface area contributed by atoms with E-state index in [0.29, 0.717) is 12.1 Å². The second-order valence-electron chi connectivity index (χ2n) is 6.22. The molecule has 0 bridgehead atoms. The summed E-state index contributed by atoms with van der Waals surface area (Å²) in [4.78, 5) is 3.01. The minimum atomic E-state index is 0.497. The first-order valence-electron chi connectivity index (χ1n) is 7.89. The quantitative estimate of drug-likeness (QED) is 0.724. The van der Waals surface area contributed by atoms with Crippen LogP contribution in [0.1, 0.15) is 59.5 Å². The highest BCUT2D eigenvalue weighted by Gasteiger charge is 2.32. The van der Waals surface area contributed by atoms with E-state index in [2.05, 4.69) is 28.9 Å². The number of fused-ring (bicyclic) bond motifs is 1. The lowest BCUT2D eigenvalue weighted by atomic mass is 9.95. The van der Waals surface area contributed by atoms with Gasteiger partial charge in [-0.15, -0.1) is 22.7 Å². The van der Waals surface area contributed by atoms with Crippen LogP contribution in [0.2, 0.25) is 4.34 Å². The molecule has 0 radical (unpaired) electrons. The van der Waals surface area contributed by atoms with Gasteiger partial charge in [0.15, 0.2) is 0 Å². The van der Waals surface area contributed by atoms with E-state index in [1.807, 2.05) is 11.3 Å². The molecule has 21 heavy (non-hydrogen) atoms. The predicted molar refractivity (Wildman–Crippen MR) is 92.5 cm³/mol. The molecule has 2 aromatic rings. The monoisotopic (exact) mass is 337 g/mol. The lowest BCUT2D eigenvalue weighted by molar-refractivity contribution is 0.333. The van der Waals surface area contributed by atoms with E-state index in [4.69, 9.17) is 11.6 Å². The summed E-state index contributed by atoms with van der Waals surface area (Å²) in [5, 5.41) is 6.20. The minimum Gasteiger partial charge on any atom is -0.302 e. The van der Waals surface area contributed by atoms with Crippen molar-refractivity contribution in [2.75, 3.05) is 0 Å². The maximum absolute atomic E-state index is 6.20. The minimum absolute atomic E-state index is 0.497. The molecule has 1 fully saturated rings. The Morgan fingerprint density at radius 3 is 2.86 bits per heavy atom. The zero-order valence-electron chi connectivity index (χ0n) is 12.0. The summed E-state index contributed by atoms with van der Waals surface area (Å²) < 4.78 is 0.944. The number of aryl methyl sites for hydroxylation is 1. The molecular weight excluding hydrogens is 318 g/mol. The lowest BCUT2D eigenvalue weighted by Crippen LogP contribution is -2.29. The van der Waals surface area contributed by atoms with Crippen LogP contribution in [0.5, 0.6) is 0 Å². The van der Waals surface area contributed by atoms with E-state index in [1.54, 1.807) is 11.3 Å². The molecule has 0 spiro atoms. The number of halogens is 1. The molecule has 4 rings (SSSR count). The number of rotatable bonds is 4. The van der Waals surface area contributed by atoms with Gasteiger partial charge in [-0.25, -0.2) is 0 Å². The lowest BCUT2D eigenvalue weighted by Gasteiger charge is -2.27. The van der Waals surface area contributed by atoms with Gasteiger partial charge in [0.2, 0.25) is 0 Å². The molecule has 1 saturated carbocycles. The molecule has 0 saturated heterocycles. The maximum atomic E-state index is 6.20. The Hall–Kier alpha value is -0.350. The smallest absolute Gasteiger partial charge is 0.0934 e. The van der Waals surface area contributed by atoms with Crippen LogP contribution in [0.15, 0.2) is 23.6 Å². The summed E-state index contributed by atoms with van der Waals surface area (Å²) in [6, 6.07) is 7.70. The zero-order valence-corrected chi connectivity index (χ0v) is 14.4. The van der Waals surface area contributed by atoms with E-state index in [0.717, 1.165) is 10.3 Å². The third-order valence-electron chi connectivity index (χ3n) is 4.95. The average molecular weight is 338 g/mol. The molecule has 2 aliphatic rings. The molecule has 2 aliphatic carbocycles. The van der Waals surface area contributed by atoms with Crippen LogP contribution in [0.25, 0.3) is 0 Å². The topological polar surface area (TPSA) is 12.0 Å². The number of nitrogens with one attached hydrogen (secondary N) is 1. The molecule has 0 amide bonds. The van der Waals surface area contributed by atoms with Gasteiger partial charge < -0.3 is 5.32 Å². The van der Waals surface area contributed by atoms with Crippen molar-refractivity contribution in [2.45, 2.75) is 50.6 Å². The Balaban J connectivity index is 1.57. The predicted octanol–water partition coefficient (Wildman–Crippen LogP) is 5.97. The van der Waals surface area contributed by atoms with Gasteiger partial charge in [-0.1, -0.05) is 30.5 Å². The second-order valence-corrected chi connectivity index (χ2v) is 8.97. The number of hydrogen-bond donors (Lipinski definition) is 1. The van der Waals surface area contributed by atoms with Crippen molar-refractivity contribution < 1.29 is 0 Å². The largest absolute Gasteiger partial charge is 0.302 e. The van der Waals surface area contributed by atoms with Crippen molar-refractivity contribution in [3.63, 3.8) is 0 Å². The van der Waals surface area contributed by atoms with Gasteiger partial charge in [-0.3, -0.25) is 0 Å². The molecule has 1 N–H and O–H groups in total. The molecule has 0 aromatic carbocycles. The van der Waals surface area contributed by atoms with Crippen molar-refractivity contribution in [2.24, 2.45) is 5.92 Å². The first-order valence-corrected chi connectivity index (χ1v) is 9.96. The summed E-state index contributed by atoms with van der Waals surface area (Å²) in [6.45, 7) is 0. The van der Waals surface area contributed by atoms with Crippen molar-refractivity contribution in [1.82, 2.24) is 5.32 Å². The average Bonchev–Trinajstić information content (AvgIpc) is 3.22. The second kappa shape index (κ2) is 6.04. The molecule has 2 unspecified atom stereocenters. The Kier molecular flexibility index (Phi) is 4.10. The van der Waals surface area contributed by atoms with E-state index in [9.17, 15) is 0 Å². The van der Waals surface area contributed by atoms with Gasteiger partial charge in [0, 0.05) is 21.8 Å². The molecule has 4 heteroatoms. The Morgan fingerprint density at radius 1 is 1.24 bits per heavy atom. The fourth-order valence-electron chi connectivity index (χ4n) is 3.93. The highest BCUT2D eigenvalue weighted by molar-refractivity contribution is 7.16. The molecule has 2 atom stereocenters. The molecule has 1 nitrogen and oxygen atoms in total. The van der Waals surface area contributed by atoms with Gasteiger partial charge in [0.25, 0.3) is 0 Å². The number of hydrogen-bond acceptors (Lipinski definition) is 3. The van der Waals surface area contributed by atoms with Crippen LogP contribution in [-0.2, 0) is 6.42 Å². The van der Waals surface area contributed by atoms with Crippen LogP contribution in [0.3, 0.4) is 0 Å². The maximum Gasteiger partial charge on any atom is 0.0934 e. The molecule has 2 heterocycles. The van der Waals surface area contributed by atoms with E-state index < -0.39 is 0 Å². The third-order valence-corrected chi connectivity index (χ3v) is 7.24. The van der Waals surface area contributed by atoms with Crippen LogP contribution in [-0.4, -0.2) is 0 Å². The number of thiophene rings is 2. The van der Waals surface area contributed by atoms with Gasteiger partial charge in [0.05, 0.1) is 4.34 Å². The van der Waals surface area contributed by atoms with Crippen LogP contribution >= 0.6 is 34.3 Å². The van der Waals surface area contributed by atoms with E-state index in [1.165, 1.54) is 53.8 Å². The summed E-state index contributed by atoms with van der Waals surface area (Å²) in [7, 11) is 0. The SMILES string of the molecule is Clc1cc2c(s1)CCC2NC(c1cccs1)C1CCCC1. The highest BCUT2D eigenvalue weighted by Crippen LogP contribution is 2.43. The van der Waals surface area contributed by atoms with Gasteiger partial charge in [0.1, 0.15) is 0 Å². The summed E-state index contributed by atoms with van der Waals surface area (Å²) in [5.41, 5.74) is 1.46. The van der Waals surface area contributed by atoms with Crippen LogP contribution in [0.4, 0.5) is 0 Å². The molecule has 112 valence electrons. The molecular formula is C17H20ClNS2. The van der Waals surface area contributed by atoms with Crippen LogP contribution in [0, 0.1) is 5.92 Å². The highest BCUT2D eigenvalue weighted by atomic mass is 35.5. The van der Waals surface area contributed by atoms with Crippen molar-refractivity contribution in [3.05, 3.63) is 43.2 Å². The van der Waals surface area contributed by atoms with Gasteiger partial charge in [-0.05, 0) is 54.7 Å². The summed E-state index contributed by atoms with van der Waals surface area (Å²) in [5.74, 6) is 0.807. The Bertz CT molecular complexity index is 598. The van der Waals surface area contributed by atoms with E-state index >= 15 is 0 Å². The van der Waals surface area contributed by atoms with Crippen molar-refractivity contribution in [1.29, 1.82) is 0 Å². The fourth-order valence-corrected chi connectivity index (χ4v) is 6.17. The molecule has 0 aliphatic heterocycles. The standard InChI is InChI=1S/C17H20ClNS2/c18-16-10-12-13(7-8-14(12)21-16)19-17(11-4-1-2-5-11)15-6-3-9-20-15/h3,6,9-11,13,17,19H,1-2,4-5,7-8H2. The third kappa shape index (κ3) is 2.81. The van der Waals surface area contributed by atoms with Crippen LogP contribution < -0.4 is 5.32 Å². The first-order chi connectivity index (χ1) is 10.3. The Labute approximate surface area is 139 Å². The normalized spacial score (nSPS) is 23.6. The summed E-state index contributed by atoms with van der Waals surface area (Å²) >= 11 is 9.87. The fraction of sp³-hybridized carbons (Fsp3) is 0.529.